The van der Waals surface area contributed by atoms with Crippen LogP contribution in [0.25, 0.3) is 0 Å². The van der Waals surface area contributed by atoms with Crippen molar-refractivity contribution in [2.45, 2.75) is 38.8 Å². The van der Waals surface area contributed by atoms with Crippen molar-refractivity contribution in [3.8, 4) is 11.5 Å². The Morgan fingerprint density at radius 3 is 2.70 bits per heavy atom. The molecule has 1 N–H and O–H groups in total. The molecule has 0 amide bonds. The van der Waals surface area contributed by atoms with Crippen molar-refractivity contribution in [3.63, 3.8) is 0 Å². The van der Waals surface area contributed by atoms with Gasteiger partial charge in [0.1, 0.15) is 11.5 Å². The lowest BCUT2D eigenvalue weighted by atomic mass is 9.93. The Hall–Kier alpha value is -1.42. The van der Waals surface area contributed by atoms with Crippen LogP contribution in [0, 0.1) is 0 Å². The lowest BCUT2D eigenvalue weighted by Gasteiger charge is -2.46. The molecule has 0 aliphatic carbocycles. The first-order chi connectivity index (χ1) is 9.53. The van der Waals surface area contributed by atoms with Crippen LogP contribution in [0.5, 0.6) is 11.5 Å². The summed E-state index contributed by atoms with van der Waals surface area (Å²) in [5.74, 6) is 1.70. The Kier molecular flexibility index (Phi) is 4.43. The number of hydrogen-bond acceptors (Lipinski definition) is 4. The zero-order valence-electron chi connectivity index (χ0n) is 13.2. The first-order valence-electron chi connectivity index (χ1n) is 7.26. The molecular weight excluding hydrogens is 252 g/mol. The monoisotopic (exact) mass is 278 g/mol. The molecule has 0 saturated carbocycles. The summed E-state index contributed by atoms with van der Waals surface area (Å²) in [6, 6.07) is 6.48. The van der Waals surface area contributed by atoms with Crippen molar-refractivity contribution < 1.29 is 9.47 Å². The largest absolute Gasteiger partial charge is 0.497 e. The van der Waals surface area contributed by atoms with Crippen LogP contribution in [0.2, 0.25) is 0 Å². The van der Waals surface area contributed by atoms with Crippen LogP contribution in [0.3, 0.4) is 0 Å². The summed E-state index contributed by atoms with van der Waals surface area (Å²) in [4.78, 5) is 2.43. The number of hydrogen-bond donors (Lipinski definition) is 1. The summed E-state index contributed by atoms with van der Waals surface area (Å²) in [5.41, 5.74) is 1.29. The van der Waals surface area contributed by atoms with Crippen molar-refractivity contribution >= 4 is 5.69 Å². The number of nitrogens with zero attached hydrogens (tertiary/aromatic N) is 1. The molecule has 0 spiro atoms. The lowest BCUT2D eigenvalue weighted by molar-refractivity contribution is 0.283. The molecule has 0 bridgehead atoms. The zero-order chi connectivity index (χ0) is 14.8. The number of methoxy groups -OCH3 is 2. The van der Waals surface area contributed by atoms with Gasteiger partial charge in [0, 0.05) is 30.7 Å². The van der Waals surface area contributed by atoms with E-state index in [4.69, 9.17) is 9.47 Å². The van der Waals surface area contributed by atoms with Crippen molar-refractivity contribution in [2.75, 3.05) is 32.2 Å². The van der Waals surface area contributed by atoms with Crippen LogP contribution in [-0.4, -0.2) is 38.9 Å². The van der Waals surface area contributed by atoms with E-state index < -0.39 is 0 Å². The third-order valence-electron chi connectivity index (χ3n) is 4.35. The number of rotatable bonds is 4. The molecule has 4 nitrogen and oxygen atoms in total. The Balaban J connectivity index is 2.33. The third-order valence-corrected chi connectivity index (χ3v) is 4.35. The van der Waals surface area contributed by atoms with Gasteiger partial charge in [-0.3, -0.25) is 0 Å². The molecule has 1 aromatic carbocycles. The fourth-order valence-electron chi connectivity index (χ4n) is 2.67. The first kappa shape index (κ1) is 15.0. The first-order valence-corrected chi connectivity index (χ1v) is 7.26. The van der Waals surface area contributed by atoms with E-state index in [-0.39, 0.29) is 5.54 Å². The quantitative estimate of drug-likeness (QED) is 0.918. The minimum absolute atomic E-state index is 0.150. The van der Waals surface area contributed by atoms with Crippen molar-refractivity contribution in [1.82, 2.24) is 5.32 Å². The van der Waals surface area contributed by atoms with Gasteiger partial charge in [0.25, 0.3) is 0 Å². The van der Waals surface area contributed by atoms with E-state index in [0.717, 1.165) is 36.7 Å². The summed E-state index contributed by atoms with van der Waals surface area (Å²) in [7, 11) is 3.39. The molecule has 20 heavy (non-hydrogen) atoms. The molecule has 1 aliphatic rings. The van der Waals surface area contributed by atoms with Gasteiger partial charge in [0.05, 0.1) is 19.9 Å². The van der Waals surface area contributed by atoms with E-state index in [9.17, 15) is 0 Å². The molecule has 1 aliphatic heterocycles. The summed E-state index contributed by atoms with van der Waals surface area (Å²) < 4.78 is 10.8. The fraction of sp³-hybridized carbons (Fsp3) is 0.625. The van der Waals surface area contributed by atoms with Gasteiger partial charge in [0.15, 0.2) is 0 Å². The van der Waals surface area contributed by atoms with Crippen LogP contribution in [0.1, 0.15) is 27.2 Å². The number of benzene rings is 1. The second-order valence-electron chi connectivity index (χ2n) is 5.81. The molecule has 2 atom stereocenters. The van der Waals surface area contributed by atoms with E-state index in [2.05, 4.69) is 37.1 Å². The van der Waals surface area contributed by atoms with E-state index in [0.29, 0.717) is 6.04 Å². The average Bonchev–Trinajstić information content (AvgIpc) is 2.49. The molecule has 2 unspecified atom stereocenters. The van der Waals surface area contributed by atoms with E-state index in [1.807, 2.05) is 12.1 Å². The summed E-state index contributed by atoms with van der Waals surface area (Å²) in [6.07, 6.45) is 1.11. The Labute approximate surface area is 122 Å². The summed E-state index contributed by atoms with van der Waals surface area (Å²) >= 11 is 0. The highest BCUT2D eigenvalue weighted by atomic mass is 16.5. The fourth-order valence-corrected chi connectivity index (χ4v) is 2.67. The van der Waals surface area contributed by atoms with Crippen LogP contribution in [0.15, 0.2) is 18.2 Å². The predicted octanol–water partition coefficient (Wildman–Crippen LogP) is 2.67. The Morgan fingerprint density at radius 2 is 2.10 bits per heavy atom. The van der Waals surface area contributed by atoms with Gasteiger partial charge in [-0.15, -0.1) is 0 Å². The molecular formula is C16H26N2O2. The van der Waals surface area contributed by atoms with Gasteiger partial charge in [-0.1, -0.05) is 6.92 Å². The molecule has 112 valence electrons. The second-order valence-corrected chi connectivity index (χ2v) is 5.81. The van der Waals surface area contributed by atoms with Gasteiger partial charge < -0.3 is 19.7 Å². The minimum atomic E-state index is 0.150. The molecule has 0 radical (unpaired) electrons. The number of ether oxygens (including phenoxy) is 2. The van der Waals surface area contributed by atoms with Crippen molar-refractivity contribution in [3.05, 3.63) is 18.2 Å². The summed E-state index contributed by atoms with van der Waals surface area (Å²) in [5, 5.41) is 3.65. The van der Waals surface area contributed by atoms with Crippen LogP contribution in [-0.2, 0) is 0 Å². The SMILES string of the molecule is CCC1(C)CN(c2ccc(OC)cc2OC)C(C)CN1. The smallest absolute Gasteiger partial charge is 0.145 e. The Morgan fingerprint density at radius 1 is 1.35 bits per heavy atom. The highest BCUT2D eigenvalue weighted by Crippen LogP contribution is 2.35. The van der Waals surface area contributed by atoms with Crippen LogP contribution >= 0.6 is 0 Å². The minimum Gasteiger partial charge on any atom is -0.497 e. The molecule has 2 rings (SSSR count). The van der Waals surface area contributed by atoms with E-state index >= 15 is 0 Å². The van der Waals surface area contributed by atoms with E-state index in [1.54, 1.807) is 14.2 Å². The van der Waals surface area contributed by atoms with Gasteiger partial charge >= 0.3 is 0 Å². The molecule has 0 aromatic heterocycles. The molecule has 1 aromatic rings. The molecule has 1 fully saturated rings. The number of anilines is 1. The molecule has 1 heterocycles. The number of piperazine rings is 1. The highest BCUT2D eigenvalue weighted by Gasteiger charge is 2.33. The van der Waals surface area contributed by atoms with Crippen LogP contribution in [0.4, 0.5) is 5.69 Å². The van der Waals surface area contributed by atoms with Crippen molar-refractivity contribution in [1.29, 1.82) is 0 Å². The van der Waals surface area contributed by atoms with Gasteiger partial charge in [0.2, 0.25) is 0 Å². The Bertz CT molecular complexity index is 464. The maximum Gasteiger partial charge on any atom is 0.145 e. The maximum atomic E-state index is 5.55. The molecule has 1 saturated heterocycles. The van der Waals surface area contributed by atoms with Gasteiger partial charge in [-0.2, -0.15) is 0 Å². The van der Waals surface area contributed by atoms with Gasteiger partial charge in [-0.05, 0) is 32.4 Å². The zero-order valence-corrected chi connectivity index (χ0v) is 13.2. The standard InChI is InChI=1S/C16H26N2O2/c1-6-16(3)11-18(12(2)10-17-16)14-8-7-13(19-4)9-15(14)20-5/h7-9,12,17H,6,10-11H2,1-5H3. The average molecular weight is 278 g/mol. The van der Waals surface area contributed by atoms with Crippen molar-refractivity contribution in [2.24, 2.45) is 0 Å². The highest BCUT2D eigenvalue weighted by molar-refractivity contribution is 5.62. The van der Waals surface area contributed by atoms with Gasteiger partial charge in [-0.25, -0.2) is 0 Å². The van der Waals surface area contributed by atoms with E-state index in [1.165, 1.54) is 0 Å². The van der Waals surface area contributed by atoms with Crippen LogP contribution < -0.4 is 19.7 Å². The lowest BCUT2D eigenvalue weighted by Crippen LogP contribution is -2.62. The third kappa shape index (κ3) is 2.85. The molecule has 4 heteroatoms. The second kappa shape index (κ2) is 5.92. The number of nitrogens with one attached hydrogen (secondary N) is 1. The maximum absolute atomic E-state index is 5.55. The normalized spacial score (nSPS) is 26.4. The predicted molar refractivity (Wildman–Crippen MR) is 83.1 cm³/mol. The summed E-state index contributed by atoms with van der Waals surface area (Å²) in [6.45, 7) is 8.72. The topological polar surface area (TPSA) is 33.7 Å².